The number of carbonyl (C=O) groups is 2. The largest absolute Gasteiger partial charge is 0.351 e. The molecule has 1 aliphatic rings. The van der Waals surface area contributed by atoms with Gasteiger partial charge in [0.05, 0.1) is 0 Å². The Hall–Kier alpha value is -3.06. The van der Waals surface area contributed by atoms with Crippen molar-refractivity contribution in [2.75, 3.05) is 4.90 Å². The number of para-hydroxylation sites is 1. The van der Waals surface area contributed by atoms with Gasteiger partial charge in [0.25, 0.3) is 5.91 Å². The molecule has 1 heterocycles. The normalized spacial score (nSPS) is 15.3. The fraction of sp³-hybridized carbons (Fsp3) is 0.304. The fourth-order valence-electron chi connectivity index (χ4n) is 3.93. The van der Waals surface area contributed by atoms with E-state index in [1.807, 2.05) is 60.7 Å². The molecule has 0 spiro atoms. The van der Waals surface area contributed by atoms with Gasteiger partial charge in [-0.25, -0.2) is 0 Å². The summed E-state index contributed by atoms with van der Waals surface area (Å²) in [5.74, 6) is -0.518. The third-order valence-corrected chi connectivity index (χ3v) is 5.91. The van der Waals surface area contributed by atoms with Crippen LogP contribution in [-0.2, 0) is 4.79 Å². The highest BCUT2D eigenvalue weighted by atomic mass is 32.1. The standard InChI is InChI=1S/C23H24N4O2S/c28-22(24-18-12-6-2-7-13-18)21(17-10-4-1-5-11-17)27(19-14-8-3-9-15-19)23(29)20-16-30-26-25-20/h1,3-5,8-11,14-16,18,21H,2,6-7,12-13H2,(H,24,28). The van der Waals surface area contributed by atoms with Crippen molar-refractivity contribution in [2.45, 2.75) is 44.2 Å². The van der Waals surface area contributed by atoms with Crippen LogP contribution < -0.4 is 10.2 Å². The Bertz CT molecular complexity index is 957. The topological polar surface area (TPSA) is 75.2 Å². The summed E-state index contributed by atoms with van der Waals surface area (Å²) < 4.78 is 3.83. The number of nitrogens with zero attached hydrogens (tertiary/aromatic N) is 3. The lowest BCUT2D eigenvalue weighted by atomic mass is 9.94. The number of carbonyl (C=O) groups excluding carboxylic acids is 2. The Morgan fingerprint density at radius 3 is 2.27 bits per heavy atom. The van der Waals surface area contributed by atoms with Gasteiger partial charge in [-0.15, -0.1) is 5.10 Å². The molecule has 2 amide bonds. The summed E-state index contributed by atoms with van der Waals surface area (Å²) in [6, 6.07) is 18.0. The van der Waals surface area contributed by atoms with E-state index in [1.54, 1.807) is 5.38 Å². The van der Waals surface area contributed by atoms with Crippen LogP contribution in [0.2, 0.25) is 0 Å². The molecule has 4 rings (SSSR count). The Morgan fingerprint density at radius 2 is 1.63 bits per heavy atom. The second kappa shape index (κ2) is 9.63. The molecule has 1 N–H and O–H groups in total. The number of benzene rings is 2. The maximum absolute atomic E-state index is 13.6. The first kappa shape index (κ1) is 20.2. The second-order valence-corrected chi connectivity index (χ2v) is 8.07. The summed E-state index contributed by atoms with van der Waals surface area (Å²) in [6.07, 6.45) is 5.39. The van der Waals surface area contributed by atoms with E-state index in [0.717, 1.165) is 42.8 Å². The molecule has 1 saturated carbocycles. The van der Waals surface area contributed by atoms with Crippen molar-refractivity contribution in [3.05, 3.63) is 77.3 Å². The Labute approximate surface area is 180 Å². The van der Waals surface area contributed by atoms with Crippen LogP contribution in [0, 0.1) is 0 Å². The van der Waals surface area contributed by atoms with E-state index in [0.29, 0.717) is 5.69 Å². The maximum atomic E-state index is 13.6. The van der Waals surface area contributed by atoms with Crippen LogP contribution in [-0.4, -0.2) is 27.4 Å². The minimum absolute atomic E-state index is 0.145. The summed E-state index contributed by atoms with van der Waals surface area (Å²) >= 11 is 1.12. The van der Waals surface area contributed by atoms with Crippen molar-refractivity contribution < 1.29 is 9.59 Å². The van der Waals surface area contributed by atoms with Crippen LogP contribution in [0.3, 0.4) is 0 Å². The lowest BCUT2D eigenvalue weighted by molar-refractivity contribution is -0.123. The summed E-state index contributed by atoms with van der Waals surface area (Å²) in [6.45, 7) is 0. The average Bonchev–Trinajstić information content (AvgIpc) is 3.34. The molecular formula is C23H24N4O2S. The van der Waals surface area contributed by atoms with Gasteiger partial charge < -0.3 is 5.32 Å². The molecule has 1 atom stereocenters. The lowest BCUT2D eigenvalue weighted by Crippen LogP contribution is -2.47. The summed E-state index contributed by atoms with van der Waals surface area (Å²) in [5.41, 5.74) is 1.63. The zero-order valence-electron chi connectivity index (χ0n) is 16.6. The molecule has 0 radical (unpaired) electrons. The molecule has 6 nitrogen and oxygen atoms in total. The highest BCUT2D eigenvalue weighted by Crippen LogP contribution is 2.30. The number of hydrogen-bond acceptors (Lipinski definition) is 5. The molecule has 0 aliphatic heterocycles. The van der Waals surface area contributed by atoms with Crippen molar-refractivity contribution >= 4 is 29.0 Å². The Balaban J connectivity index is 1.74. The number of hydrogen-bond donors (Lipinski definition) is 1. The number of amides is 2. The van der Waals surface area contributed by atoms with E-state index in [1.165, 1.54) is 11.3 Å². The van der Waals surface area contributed by atoms with Gasteiger partial charge in [-0.1, -0.05) is 72.3 Å². The van der Waals surface area contributed by atoms with Gasteiger partial charge in [0, 0.05) is 17.1 Å². The molecule has 30 heavy (non-hydrogen) atoms. The Morgan fingerprint density at radius 1 is 0.967 bits per heavy atom. The fourth-order valence-corrected chi connectivity index (χ4v) is 4.36. The van der Waals surface area contributed by atoms with Gasteiger partial charge >= 0.3 is 0 Å². The van der Waals surface area contributed by atoms with Gasteiger partial charge in [0.2, 0.25) is 5.91 Å². The quantitative estimate of drug-likeness (QED) is 0.642. The van der Waals surface area contributed by atoms with Crippen molar-refractivity contribution in [3.8, 4) is 0 Å². The molecule has 154 valence electrons. The summed E-state index contributed by atoms with van der Waals surface area (Å²) in [7, 11) is 0. The van der Waals surface area contributed by atoms with E-state index in [-0.39, 0.29) is 23.6 Å². The first-order valence-electron chi connectivity index (χ1n) is 10.2. The number of aromatic nitrogens is 2. The van der Waals surface area contributed by atoms with Gasteiger partial charge in [-0.2, -0.15) is 0 Å². The molecule has 0 saturated heterocycles. The van der Waals surface area contributed by atoms with Crippen molar-refractivity contribution in [1.82, 2.24) is 14.9 Å². The molecule has 1 aliphatic carbocycles. The number of anilines is 1. The van der Waals surface area contributed by atoms with Crippen LogP contribution in [0.1, 0.15) is 54.2 Å². The first-order chi connectivity index (χ1) is 14.7. The number of rotatable bonds is 6. The van der Waals surface area contributed by atoms with E-state index in [2.05, 4.69) is 14.9 Å². The van der Waals surface area contributed by atoms with Crippen LogP contribution in [0.25, 0.3) is 0 Å². The van der Waals surface area contributed by atoms with Gasteiger partial charge in [-0.3, -0.25) is 14.5 Å². The van der Waals surface area contributed by atoms with E-state index in [9.17, 15) is 9.59 Å². The highest BCUT2D eigenvalue weighted by molar-refractivity contribution is 7.03. The maximum Gasteiger partial charge on any atom is 0.280 e. The predicted octanol–water partition coefficient (Wildman–Crippen LogP) is 4.38. The first-order valence-corrected chi connectivity index (χ1v) is 11.1. The predicted molar refractivity (Wildman–Crippen MR) is 117 cm³/mol. The summed E-state index contributed by atoms with van der Waals surface area (Å²) in [5, 5.41) is 8.77. The average molecular weight is 421 g/mol. The molecule has 0 bridgehead atoms. The lowest BCUT2D eigenvalue weighted by Gasteiger charge is -2.33. The molecule has 3 aromatic rings. The molecular weight excluding hydrogens is 396 g/mol. The highest BCUT2D eigenvalue weighted by Gasteiger charge is 2.35. The second-order valence-electron chi connectivity index (χ2n) is 7.46. The molecule has 1 aromatic heterocycles. The van der Waals surface area contributed by atoms with Crippen LogP contribution >= 0.6 is 11.5 Å². The third-order valence-electron chi connectivity index (χ3n) is 5.41. The molecule has 1 fully saturated rings. The Kier molecular flexibility index (Phi) is 6.49. The van der Waals surface area contributed by atoms with E-state index in [4.69, 9.17) is 0 Å². The van der Waals surface area contributed by atoms with Crippen molar-refractivity contribution in [3.63, 3.8) is 0 Å². The van der Waals surface area contributed by atoms with Gasteiger partial charge in [0.15, 0.2) is 5.69 Å². The summed E-state index contributed by atoms with van der Waals surface area (Å²) in [4.78, 5) is 28.6. The monoisotopic (exact) mass is 420 g/mol. The van der Waals surface area contributed by atoms with Crippen LogP contribution in [0.4, 0.5) is 5.69 Å². The van der Waals surface area contributed by atoms with Crippen molar-refractivity contribution in [2.24, 2.45) is 0 Å². The zero-order valence-corrected chi connectivity index (χ0v) is 17.4. The number of nitrogens with one attached hydrogen (secondary N) is 1. The van der Waals surface area contributed by atoms with E-state index < -0.39 is 6.04 Å². The smallest absolute Gasteiger partial charge is 0.280 e. The van der Waals surface area contributed by atoms with Crippen LogP contribution in [0.15, 0.2) is 66.0 Å². The van der Waals surface area contributed by atoms with Gasteiger partial charge in [0.1, 0.15) is 6.04 Å². The zero-order chi connectivity index (χ0) is 20.8. The minimum atomic E-state index is -0.801. The van der Waals surface area contributed by atoms with E-state index >= 15 is 0 Å². The SMILES string of the molecule is O=C(NC1CCCCC1)C(c1ccccc1)N(C(=O)c1csnn1)c1ccccc1. The third kappa shape index (κ3) is 4.57. The van der Waals surface area contributed by atoms with Crippen LogP contribution in [0.5, 0.6) is 0 Å². The minimum Gasteiger partial charge on any atom is -0.351 e. The van der Waals surface area contributed by atoms with Gasteiger partial charge in [-0.05, 0) is 42.1 Å². The molecule has 7 heteroatoms. The van der Waals surface area contributed by atoms with Crippen molar-refractivity contribution in [1.29, 1.82) is 0 Å². The molecule has 2 aromatic carbocycles. The molecule has 1 unspecified atom stereocenters.